The van der Waals surface area contributed by atoms with E-state index in [2.05, 4.69) is 10.1 Å². The van der Waals surface area contributed by atoms with E-state index in [0.29, 0.717) is 11.1 Å². The van der Waals surface area contributed by atoms with Crippen molar-refractivity contribution in [3.8, 4) is 17.6 Å². The number of methoxy groups -OCH3 is 2. The van der Waals surface area contributed by atoms with E-state index in [4.69, 9.17) is 13.9 Å². The average Bonchev–Trinajstić information content (AvgIpc) is 3.51. The zero-order valence-electron chi connectivity index (χ0n) is 20.6. The second-order valence-electron chi connectivity index (χ2n) is 8.02. The van der Waals surface area contributed by atoms with Gasteiger partial charge in [-0.15, -0.1) is 0 Å². The smallest absolute Gasteiger partial charge is 0.373 e. The van der Waals surface area contributed by atoms with Crippen LogP contribution in [0.1, 0.15) is 33.0 Å². The first-order valence-electron chi connectivity index (χ1n) is 11.2. The number of hydrogen-bond acceptors (Lipinski definition) is 10. The minimum absolute atomic E-state index is 0.00467. The molecule has 13 heteroatoms. The lowest BCUT2D eigenvalue weighted by Crippen LogP contribution is -2.30. The number of esters is 1. The molecule has 1 saturated heterocycles. The molecule has 1 aliphatic rings. The number of nitriles is 1. The summed E-state index contributed by atoms with van der Waals surface area (Å²) in [7, 11) is 2.48. The molecule has 0 bridgehead atoms. The Labute approximate surface area is 220 Å². The Bertz CT molecular complexity index is 1550. The van der Waals surface area contributed by atoms with Crippen molar-refractivity contribution in [2.24, 2.45) is 0 Å². The van der Waals surface area contributed by atoms with Crippen LogP contribution in [0.4, 0.5) is 10.5 Å². The van der Waals surface area contributed by atoms with Crippen molar-refractivity contribution in [3.63, 3.8) is 0 Å². The Kier molecular flexibility index (Phi) is 7.57. The number of rotatable bonds is 9. The van der Waals surface area contributed by atoms with Crippen molar-refractivity contribution >= 4 is 29.7 Å². The lowest BCUT2D eigenvalue weighted by atomic mass is 10.1. The number of nitro benzene ring substituents is 1. The van der Waals surface area contributed by atoms with Crippen LogP contribution >= 0.6 is 0 Å². The van der Waals surface area contributed by atoms with E-state index < -0.39 is 28.5 Å². The molecule has 1 aromatic heterocycles. The molecule has 1 aliphatic heterocycles. The number of nitrogens with one attached hydrogen (secondary N) is 1. The van der Waals surface area contributed by atoms with Gasteiger partial charge in [-0.1, -0.05) is 18.2 Å². The fraction of sp³-hybridized carbons (Fsp3) is 0.154. The van der Waals surface area contributed by atoms with Gasteiger partial charge in [0.2, 0.25) is 11.5 Å². The van der Waals surface area contributed by atoms with E-state index in [0.717, 1.165) is 11.0 Å². The highest BCUT2D eigenvalue weighted by Crippen LogP contribution is 2.39. The van der Waals surface area contributed by atoms with Crippen molar-refractivity contribution in [2.45, 2.75) is 13.2 Å². The van der Waals surface area contributed by atoms with Crippen LogP contribution in [0.2, 0.25) is 0 Å². The van der Waals surface area contributed by atoms with Gasteiger partial charge in [0, 0.05) is 11.6 Å². The molecular formula is C26H20N4O9. The Hall–Kier alpha value is -5.64. The molecule has 13 nitrogen and oxygen atoms in total. The Morgan fingerprint density at radius 3 is 2.67 bits per heavy atom. The van der Waals surface area contributed by atoms with Gasteiger partial charge in [0.1, 0.15) is 18.1 Å². The third-order valence-corrected chi connectivity index (χ3v) is 5.62. The number of ether oxygens (including phenoxy) is 3. The summed E-state index contributed by atoms with van der Waals surface area (Å²) in [5.74, 6) is -1.52. The van der Waals surface area contributed by atoms with E-state index in [9.17, 15) is 29.8 Å². The lowest BCUT2D eigenvalue weighted by molar-refractivity contribution is -0.386. The van der Waals surface area contributed by atoms with Crippen LogP contribution in [0, 0.1) is 21.4 Å². The van der Waals surface area contributed by atoms with Gasteiger partial charge in [0.15, 0.2) is 5.75 Å². The Balaban J connectivity index is 1.59. The second kappa shape index (κ2) is 11.2. The number of furan rings is 1. The first-order valence-corrected chi connectivity index (χ1v) is 11.2. The maximum Gasteiger partial charge on any atom is 0.373 e. The number of carbonyl (C=O) groups is 3. The van der Waals surface area contributed by atoms with E-state index in [1.807, 2.05) is 6.07 Å². The lowest BCUT2D eigenvalue weighted by Gasteiger charge is -2.13. The van der Waals surface area contributed by atoms with E-state index in [1.165, 1.54) is 38.5 Å². The van der Waals surface area contributed by atoms with Crippen LogP contribution < -0.4 is 14.8 Å². The number of benzene rings is 2. The summed E-state index contributed by atoms with van der Waals surface area (Å²) in [5.41, 5.74) is 0.469. The minimum Gasteiger partial charge on any atom is -0.493 e. The number of imide groups is 1. The van der Waals surface area contributed by atoms with Gasteiger partial charge < -0.3 is 23.9 Å². The molecule has 2 aromatic carbocycles. The van der Waals surface area contributed by atoms with Crippen molar-refractivity contribution < 1.29 is 37.9 Å². The number of urea groups is 1. The fourth-order valence-electron chi connectivity index (χ4n) is 3.74. The standard InChI is InChI=1S/C26H20N4O9/c1-36-22-11-15(10-20(30(34)35)23(22)38-14-17-6-4-3-5-16(17)12-27)9-19-24(31)29(26(33)28-19)13-18-7-8-21(39-18)25(32)37-2/h3-11H,13-14H2,1-2H3,(H,28,33)/b19-9-. The van der Waals surface area contributed by atoms with Crippen LogP contribution in [0.25, 0.3) is 6.08 Å². The highest BCUT2D eigenvalue weighted by Gasteiger charge is 2.35. The highest BCUT2D eigenvalue weighted by atomic mass is 16.6. The SMILES string of the molecule is COC(=O)c1ccc(CN2C(=O)N/C(=C\c3cc(OC)c(OCc4ccccc4C#N)c([N+](=O)[O-])c3)C2=O)o1. The molecule has 0 radical (unpaired) electrons. The number of amides is 3. The molecule has 0 saturated carbocycles. The average molecular weight is 532 g/mol. The zero-order chi connectivity index (χ0) is 28.1. The van der Waals surface area contributed by atoms with Gasteiger partial charge in [-0.05, 0) is 35.9 Å². The van der Waals surface area contributed by atoms with Crippen LogP contribution in [0.5, 0.6) is 11.5 Å². The van der Waals surface area contributed by atoms with E-state index in [1.54, 1.807) is 24.3 Å². The molecule has 198 valence electrons. The van der Waals surface area contributed by atoms with Crippen LogP contribution in [0.15, 0.2) is 58.6 Å². The van der Waals surface area contributed by atoms with Crippen LogP contribution in [0.3, 0.4) is 0 Å². The van der Waals surface area contributed by atoms with Gasteiger partial charge in [-0.3, -0.25) is 19.8 Å². The van der Waals surface area contributed by atoms with Gasteiger partial charge >= 0.3 is 17.7 Å². The molecule has 1 fully saturated rings. The topological polar surface area (TPSA) is 174 Å². The van der Waals surface area contributed by atoms with Crippen molar-refractivity contribution in [1.82, 2.24) is 10.2 Å². The molecular weight excluding hydrogens is 512 g/mol. The molecule has 39 heavy (non-hydrogen) atoms. The Morgan fingerprint density at radius 1 is 1.21 bits per heavy atom. The fourth-order valence-corrected chi connectivity index (χ4v) is 3.74. The summed E-state index contributed by atoms with van der Waals surface area (Å²) >= 11 is 0. The normalized spacial score (nSPS) is 13.7. The van der Waals surface area contributed by atoms with Crippen molar-refractivity contribution in [1.29, 1.82) is 5.26 Å². The van der Waals surface area contributed by atoms with Gasteiger partial charge in [-0.2, -0.15) is 5.26 Å². The van der Waals surface area contributed by atoms with E-state index in [-0.39, 0.29) is 47.4 Å². The predicted molar refractivity (Wildman–Crippen MR) is 132 cm³/mol. The summed E-state index contributed by atoms with van der Waals surface area (Å²) in [6, 6.07) is 13.3. The monoisotopic (exact) mass is 532 g/mol. The van der Waals surface area contributed by atoms with Gasteiger partial charge in [0.25, 0.3) is 5.91 Å². The van der Waals surface area contributed by atoms with Crippen LogP contribution in [-0.4, -0.2) is 42.0 Å². The Morgan fingerprint density at radius 2 is 1.97 bits per heavy atom. The summed E-state index contributed by atoms with van der Waals surface area (Å²) in [6.45, 7) is -0.394. The molecule has 3 aromatic rings. The molecule has 0 unspecified atom stereocenters. The minimum atomic E-state index is -0.750. The maximum absolute atomic E-state index is 12.9. The van der Waals surface area contributed by atoms with Gasteiger partial charge in [-0.25, -0.2) is 9.59 Å². The van der Waals surface area contributed by atoms with Gasteiger partial charge in [0.05, 0.1) is 37.3 Å². The summed E-state index contributed by atoms with van der Waals surface area (Å²) < 4.78 is 20.9. The summed E-state index contributed by atoms with van der Waals surface area (Å²) in [5, 5.41) is 23.6. The molecule has 3 amide bonds. The second-order valence-corrected chi connectivity index (χ2v) is 8.02. The number of nitro groups is 1. The summed E-state index contributed by atoms with van der Waals surface area (Å²) in [6.07, 6.45) is 1.26. The molecule has 0 spiro atoms. The third-order valence-electron chi connectivity index (χ3n) is 5.62. The largest absolute Gasteiger partial charge is 0.493 e. The highest BCUT2D eigenvalue weighted by molar-refractivity contribution is 6.13. The van der Waals surface area contributed by atoms with Crippen molar-refractivity contribution in [2.75, 3.05) is 14.2 Å². The molecule has 0 atom stereocenters. The predicted octanol–water partition coefficient (Wildman–Crippen LogP) is 3.53. The quantitative estimate of drug-likeness (QED) is 0.141. The third kappa shape index (κ3) is 5.54. The zero-order valence-corrected chi connectivity index (χ0v) is 20.6. The van der Waals surface area contributed by atoms with E-state index >= 15 is 0 Å². The summed E-state index contributed by atoms with van der Waals surface area (Å²) in [4.78, 5) is 49.0. The maximum atomic E-state index is 12.9. The first kappa shape index (κ1) is 26.4. The molecule has 1 N–H and O–H groups in total. The molecule has 0 aliphatic carbocycles. The van der Waals surface area contributed by atoms with Crippen molar-refractivity contribution in [3.05, 3.63) is 92.6 Å². The number of carbonyl (C=O) groups excluding carboxylic acids is 3. The first-order chi connectivity index (χ1) is 18.7. The number of nitrogens with zero attached hydrogens (tertiary/aromatic N) is 3. The molecule has 2 heterocycles. The number of hydrogen-bond donors (Lipinski definition) is 1. The van der Waals surface area contributed by atoms with Crippen LogP contribution in [-0.2, 0) is 22.7 Å². The molecule has 4 rings (SSSR count).